The summed E-state index contributed by atoms with van der Waals surface area (Å²) < 4.78 is 18.1. The van der Waals surface area contributed by atoms with E-state index in [-0.39, 0.29) is 18.7 Å². The van der Waals surface area contributed by atoms with Gasteiger partial charge in [-0.1, -0.05) is 53.0 Å². The molecule has 1 aromatic carbocycles. The van der Waals surface area contributed by atoms with Crippen molar-refractivity contribution in [2.45, 2.75) is 33.8 Å². The minimum atomic E-state index is -1.90. The number of benzene rings is 1. The number of amides is 2. The molecule has 2 aliphatic heterocycles. The summed E-state index contributed by atoms with van der Waals surface area (Å²) in [5, 5.41) is 1.19. The van der Waals surface area contributed by atoms with E-state index in [1.165, 1.54) is 16.7 Å². The highest BCUT2D eigenvalue weighted by molar-refractivity contribution is 8.00. The standard InChI is InChI=1S/C24H25Cl3N2O9S/c1-12-15(9-14(21(32)35-2)22(33)36-3)39-20-17(28-16(30)10-37-13-7-5-4-6-8-13)19(31)29(20)18(12)23(34)38-11-24(25,26)27/h4-8,14-15,17,20H,9-11H2,1-3H3,(H,28,30)/t15?,17?,20-/m1/s1. The topological polar surface area (TPSA) is 138 Å². The first-order valence-corrected chi connectivity index (χ1v) is 13.5. The first-order chi connectivity index (χ1) is 18.4. The van der Waals surface area contributed by atoms with Crippen LogP contribution in [0.5, 0.6) is 5.75 Å². The lowest BCUT2D eigenvalue weighted by molar-refractivity contribution is -0.159. The fourth-order valence-corrected chi connectivity index (χ4v) is 5.75. The number of rotatable bonds is 10. The molecule has 15 heteroatoms. The number of hydrogen-bond donors (Lipinski definition) is 1. The number of β-lactam (4-membered cyclic amide) rings is 1. The van der Waals surface area contributed by atoms with Crippen LogP contribution < -0.4 is 10.1 Å². The Morgan fingerprint density at radius 3 is 2.26 bits per heavy atom. The first-order valence-electron chi connectivity index (χ1n) is 11.4. The molecule has 3 rings (SSSR count). The molecule has 1 saturated heterocycles. The first kappa shape index (κ1) is 30.9. The van der Waals surface area contributed by atoms with Crippen LogP contribution in [0.4, 0.5) is 0 Å². The van der Waals surface area contributed by atoms with Crippen molar-refractivity contribution >= 4 is 76.3 Å². The van der Waals surface area contributed by atoms with Gasteiger partial charge < -0.3 is 24.3 Å². The van der Waals surface area contributed by atoms with Gasteiger partial charge in [-0.3, -0.25) is 24.1 Å². The van der Waals surface area contributed by atoms with Crippen LogP contribution in [0, 0.1) is 5.92 Å². The SMILES string of the molecule is COC(=O)C(CC1S[C@@H]2C(NC(=O)COc3ccccc3)C(=O)N2C(C(=O)OCC(Cl)(Cl)Cl)=C1C)C(=O)OC. The third-order valence-electron chi connectivity index (χ3n) is 5.86. The molecule has 39 heavy (non-hydrogen) atoms. The number of alkyl halides is 3. The summed E-state index contributed by atoms with van der Waals surface area (Å²) in [6, 6.07) is 7.60. The molecular formula is C24H25Cl3N2O9S. The number of hydrogen-bond acceptors (Lipinski definition) is 10. The smallest absolute Gasteiger partial charge is 0.355 e. The molecule has 2 heterocycles. The second kappa shape index (κ2) is 13.1. The molecule has 1 N–H and O–H groups in total. The van der Waals surface area contributed by atoms with E-state index in [4.69, 9.17) is 53.8 Å². The summed E-state index contributed by atoms with van der Waals surface area (Å²) in [7, 11) is 2.26. The Hall–Kier alpha value is -2.67. The molecule has 2 aliphatic rings. The molecule has 0 saturated carbocycles. The molecule has 0 radical (unpaired) electrons. The van der Waals surface area contributed by atoms with Crippen LogP contribution in [0.25, 0.3) is 0 Å². The van der Waals surface area contributed by atoms with Crippen LogP contribution in [0.1, 0.15) is 13.3 Å². The lowest BCUT2D eigenvalue weighted by Crippen LogP contribution is -2.71. The van der Waals surface area contributed by atoms with E-state index in [0.717, 1.165) is 14.2 Å². The van der Waals surface area contributed by atoms with Gasteiger partial charge in [-0.25, -0.2) is 4.79 Å². The molecule has 2 unspecified atom stereocenters. The highest BCUT2D eigenvalue weighted by atomic mass is 35.6. The summed E-state index contributed by atoms with van der Waals surface area (Å²) >= 11 is 18.3. The van der Waals surface area contributed by atoms with Gasteiger partial charge in [0.05, 0.1) is 14.2 Å². The van der Waals surface area contributed by atoms with E-state index in [1.807, 2.05) is 0 Å². The zero-order valence-corrected chi connectivity index (χ0v) is 24.1. The molecule has 3 atom stereocenters. The van der Waals surface area contributed by atoms with E-state index in [9.17, 15) is 24.0 Å². The molecule has 0 aromatic heterocycles. The van der Waals surface area contributed by atoms with Gasteiger partial charge in [0.25, 0.3) is 11.8 Å². The number of methoxy groups -OCH3 is 2. The lowest BCUT2D eigenvalue weighted by atomic mass is 9.95. The maximum absolute atomic E-state index is 13.1. The number of nitrogens with one attached hydrogen (secondary N) is 1. The largest absolute Gasteiger partial charge is 0.484 e. The van der Waals surface area contributed by atoms with Crippen LogP contribution in [-0.4, -0.2) is 82.5 Å². The molecular weight excluding hydrogens is 599 g/mol. The van der Waals surface area contributed by atoms with Gasteiger partial charge in [0.1, 0.15) is 29.5 Å². The van der Waals surface area contributed by atoms with Crippen LogP contribution >= 0.6 is 46.6 Å². The van der Waals surface area contributed by atoms with Crippen molar-refractivity contribution in [2.75, 3.05) is 27.4 Å². The van der Waals surface area contributed by atoms with Crippen LogP contribution in [0.3, 0.4) is 0 Å². The molecule has 1 aromatic rings. The highest BCUT2D eigenvalue weighted by Gasteiger charge is 2.56. The Morgan fingerprint density at radius 2 is 1.69 bits per heavy atom. The molecule has 0 aliphatic carbocycles. The average Bonchev–Trinajstić information content (AvgIpc) is 2.91. The second-order valence-electron chi connectivity index (χ2n) is 8.43. The van der Waals surface area contributed by atoms with E-state index in [1.54, 1.807) is 37.3 Å². The van der Waals surface area contributed by atoms with Crippen molar-refractivity contribution in [2.24, 2.45) is 5.92 Å². The lowest BCUT2D eigenvalue weighted by Gasteiger charge is -2.51. The summed E-state index contributed by atoms with van der Waals surface area (Å²) in [5.41, 5.74) is 0.205. The van der Waals surface area contributed by atoms with E-state index in [0.29, 0.717) is 11.3 Å². The quantitative estimate of drug-likeness (QED) is 0.136. The van der Waals surface area contributed by atoms with Gasteiger partial charge in [0.15, 0.2) is 12.5 Å². The van der Waals surface area contributed by atoms with E-state index in [2.05, 4.69) is 5.32 Å². The monoisotopic (exact) mass is 622 g/mol. The number of fused-ring (bicyclic) bond motifs is 1. The Morgan fingerprint density at radius 1 is 1.08 bits per heavy atom. The average molecular weight is 624 g/mol. The summed E-state index contributed by atoms with van der Waals surface area (Å²) in [5.74, 6) is -4.58. The normalized spacial score (nSPS) is 20.5. The van der Waals surface area contributed by atoms with Crippen molar-refractivity contribution in [1.29, 1.82) is 0 Å². The minimum absolute atomic E-state index is 0.118. The number of carbonyl (C=O) groups is 5. The second-order valence-corrected chi connectivity index (χ2v) is 12.3. The number of carbonyl (C=O) groups excluding carboxylic acids is 5. The summed E-state index contributed by atoms with van der Waals surface area (Å²) in [6.07, 6.45) is -0.118. The fourth-order valence-electron chi connectivity index (χ4n) is 3.96. The van der Waals surface area contributed by atoms with Crippen molar-refractivity contribution < 1.29 is 42.9 Å². The van der Waals surface area contributed by atoms with Crippen LogP contribution in [0.2, 0.25) is 0 Å². The van der Waals surface area contributed by atoms with Crippen molar-refractivity contribution in [3.05, 3.63) is 41.6 Å². The Balaban J connectivity index is 1.83. The van der Waals surface area contributed by atoms with Crippen molar-refractivity contribution in [3.8, 4) is 5.75 Å². The van der Waals surface area contributed by atoms with Gasteiger partial charge in [0.2, 0.25) is 3.79 Å². The third-order valence-corrected chi connectivity index (χ3v) is 7.82. The van der Waals surface area contributed by atoms with Gasteiger partial charge in [-0.2, -0.15) is 0 Å². The predicted octanol–water partition coefficient (Wildman–Crippen LogP) is 2.37. The molecule has 11 nitrogen and oxygen atoms in total. The number of esters is 3. The summed E-state index contributed by atoms with van der Waals surface area (Å²) in [4.78, 5) is 64.5. The molecule has 2 amide bonds. The van der Waals surface area contributed by atoms with Gasteiger partial charge >= 0.3 is 17.9 Å². The molecule has 0 spiro atoms. The fraction of sp³-hybridized carbons (Fsp3) is 0.458. The number of nitrogens with zero attached hydrogens (tertiary/aromatic N) is 1. The molecule has 1 fully saturated rings. The number of para-hydroxylation sites is 1. The highest BCUT2D eigenvalue weighted by Crippen LogP contribution is 2.46. The van der Waals surface area contributed by atoms with Crippen molar-refractivity contribution in [3.63, 3.8) is 0 Å². The maximum Gasteiger partial charge on any atom is 0.355 e. The maximum atomic E-state index is 13.1. The third kappa shape index (κ3) is 7.50. The zero-order valence-electron chi connectivity index (χ0n) is 21.0. The van der Waals surface area contributed by atoms with Gasteiger partial charge in [-0.15, -0.1) is 11.8 Å². The number of halogens is 3. The number of thioether (sulfide) groups is 1. The Kier molecular flexibility index (Phi) is 10.4. The van der Waals surface area contributed by atoms with Crippen molar-refractivity contribution in [1.82, 2.24) is 10.2 Å². The van der Waals surface area contributed by atoms with Gasteiger partial charge in [-0.05, 0) is 31.1 Å². The van der Waals surface area contributed by atoms with E-state index >= 15 is 0 Å². The Bertz CT molecular complexity index is 1140. The number of ether oxygens (including phenoxy) is 4. The van der Waals surface area contributed by atoms with Crippen LogP contribution in [0.15, 0.2) is 41.6 Å². The Labute approximate surface area is 243 Å². The zero-order chi connectivity index (χ0) is 28.9. The predicted molar refractivity (Wildman–Crippen MR) is 142 cm³/mol. The molecule has 0 bridgehead atoms. The minimum Gasteiger partial charge on any atom is -0.484 e. The van der Waals surface area contributed by atoms with E-state index < -0.39 is 62.7 Å². The van der Waals surface area contributed by atoms with Crippen LogP contribution in [-0.2, 0) is 38.2 Å². The molecule has 212 valence electrons. The summed E-state index contributed by atoms with van der Waals surface area (Å²) in [6.45, 7) is 0.606. The van der Waals surface area contributed by atoms with Gasteiger partial charge in [0, 0.05) is 5.25 Å².